The second-order valence-electron chi connectivity index (χ2n) is 2.01. The first kappa shape index (κ1) is 12.5. The van der Waals surface area contributed by atoms with Crippen LogP contribution in [-0.4, -0.2) is 4.98 Å². The van der Waals surface area contributed by atoms with Crippen molar-refractivity contribution < 1.29 is 36.5 Å². The standard InChI is InChI=1S/C7H5NS2.Mn.Zn/c9-7-8-5-3-1-2-4-6(5)10-7;;/h1-4H,(H,8,9);;/q;2*+2. The van der Waals surface area contributed by atoms with Crippen LogP contribution in [0.25, 0.3) is 10.2 Å². The molecular weight excluding hydrogens is 283 g/mol. The van der Waals surface area contributed by atoms with Crippen LogP contribution in [0.4, 0.5) is 0 Å². The SMILES string of the molecule is S=c1[nH]c2ccccc2s1.[Mn+2].[Zn+2]. The second kappa shape index (κ2) is 5.26. The number of hydrogen-bond donors (Lipinski definition) is 1. The summed E-state index contributed by atoms with van der Waals surface area (Å²) in [6, 6.07) is 8.11. The van der Waals surface area contributed by atoms with Gasteiger partial charge in [-0.2, -0.15) is 0 Å². The third-order valence-corrected chi connectivity index (χ3v) is 2.54. The number of benzene rings is 1. The molecule has 1 heterocycles. The molecule has 0 amide bonds. The topological polar surface area (TPSA) is 15.8 Å². The zero-order valence-electron chi connectivity index (χ0n) is 6.21. The first-order valence-electron chi connectivity index (χ1n) is 2.94. The van der Waals surface area contributed by atoms with Crippen LogP contribution in [0.1, 0.15) is 0 Å². The predicted molar refractivity (Wildman–Crippen MR) is 47.0 cm³/mol. The number of thiazole rings is 1. The van der Waals surface area contributed by atoms with Gasteiger partial charge in [0.05, 0.1) is 10.2 Å². The second-order valence-corrected chi connectivity index (χ2v) is 3.73. The summed E-state index contributed by atoms with van der Waals surface area (Å²) < 4.78 is 2.08. The Morgan fingerprint density at radius 2 is 1.92 bits per heavy atom. The van der Waals surface area contributed by atoms with Crippen LogP contribution in [0.5, 0.6) is 0 Å². The van der Waals surface area contributed by atoms with Crippen LogP contribution in [0, 0.1) is 3.95 Å². The summed E-state index contributed by atoms with van der Waals surface area (Å²) in [5.41, 5.74) is 1.14. The van der Waals surface area contributed by atoms with Crippen LogP contribution in [0.2, 0.25) is 0 Å². The number of nitrogens with one attached hydrogen (secondary N) is 1. The van der Waals surface area contributed by atoms with E-state index in [9.17, 15) is 0 Å². The van der Waals surface area contributed by atoms with Gasteiger partial charge in [-0.25, -0.2) is 0 Å². The predicted octanol–water partition coefficient (Wildman–Crippen LogP) is 2.95. The molecule has 0 aliphatic carbocycles. The van der Waals surface area contributed by atoms with Gasteiger partial charge in [0.15, 0.2) is 3.95 Å². The molecule has 55 valence electrons. The van der Waals surface area contributed by atoms with Crippen molar-refractivity contribution in [3.05, 3.63) is 28.2 Å². The minimum absolute atomic E-state index is 0. The van der Waals surface area contributed by atoms with Crippen molar-refractivity contribution >= 4 is 33.8 Å². The van der Waals surface area contributed by atoms with Gasteiger partial charge in [-0.15, -0.1) is 11.3 Å². The van der Waals surface area contributed by atoms with E-state index in [1.165, 1.54) is 4.70 Å². The molecule has 1 aromatic carbocycles. The van der Waals surface area contributed by atoms with Gasteiger partial charge in [-0.1, -0.05) is 12.1 Å². The van der Waals surface area contributed by atoms with E-state index in [0.717, 1.165) is 9.47 Å². The molecule has 2 aromatic rings. The number of hydrogen-bond acceptors (Lipinski definition) is 2. The fourth-order valence-electron chi connectivity index (χ4n) is 0.894. The summed E-state index contributed by atoms with van der Waals surface area (Å²) in [6.07, 6.45) is 0. The smallest absolute Gasteiger partial charge is 0.337 e. The van der Waals surface area contributed by atoms with Crippen molar-refractivity contribution in [2.45, 2.75) is 0 Å². The normalized spacial score (nSPS) is 8.67. The van der Waals surface area contributed by atoms with E-state index in [1.807, 2.05) is 18.2 Å². The fraction of sp³-hybridized carbons (Fsp3) is 0. The molecule has 0 fully saturated rings. The van der Waals surface area contributed by atoms with Gasteiger partial charge in [0.2, 0.25) is 0 Å². The van der Waals surface area contributed by atoms with E-state index in [0.29, 0.717) is 0 Å². The van der Waals surface area contributed by atoms with Gasteiger partial charge in [0.25, 0.3) is 0 Å². The Hall–Kier alpha value is 0.473. The maximum atomic E-state index is 4.98. The Kier molecular flexibility index (Phi) is 5.46. The molecule has 1 radical (unpaired) electrons. The van der Waals surface area contributed by atoms with Crippen molar-refractivity contribution in [3.63, 3.8) is 0 Å². The van der Waals surface area contributed by atoms with Crippen LogP contribution in [0.3, 0.4) is 0 Å². The summed E-state index contributed by atoms with van der Waals surface area (Å²) in [7, 11) is 0. The summed E-state index contributed by atoms with van der Waals surface area (Å²) >= 11 is 6.59. The number of H-pyrrole nitrogens is 1. The molecule has 2 rings (SSSR count). The number of aromatic amines is 1. The molecular formula is C7H5MnNS2Zn+4. The third-order valence-electron chi connectivity index (χ3n) is 1.33. The van der Waals surface area contributed by atoms with Gasteiger partial charge >= 0.3 is 36.5 Å². The molecule has 1 nitrogen and oxygen atoms in total. The summed E-state index contributed by atoms with van der Waals surface area (Å²) in [5, 5.41) is 0. The Balaban J connectivity index is 0.000000605. The van der Waals surface area contributed by atoms with Gasteiger partial charge in [-0.05, 0) is 24.4 Å². The van der Waals surface area contributed by atoms with Crippen molar-refractivity contribution in [1.29, 1.82) is 0 Å². The van der Waals surface area contributed by atoms with Gasteiger partial charge in [-0.3, -0.25) is 0 Å². The summed E-state index contributed by atoms with van der Waals surface area (Å²) in [5.74, 6) is 0. The first-order valence-corrected chi connectivity index (χ1v) is 4.16. The Labute approximate surface area is 103 Å². The number of para-hydroxylation sites is 1. The van der Waals surface area contributed by atoms with Crippen LogP contribution < -0.4 is 0 Å². The molecule has 1 N–H and O–H groups in total. The van der Waals surface area contributed by atoms with Crippen molar-refractivity contribution in [1.82, 2.24) is 4.98 Å². The molecule has 0 atom stereocenters. The average molecular weight is 288 g/mol. The van der Waals surface area contributed by atoms with E-state index in [-0.39, 0.29) is 36.5 Å². The van der Waals surface area contributed by atoms with Gasteiger partial charge in [0.1, 0.15) is 0 Å². The van der Waals surface area contributed by atoms with Crippen LogP contribution >= 0.6 is 23.6 Å². The third kappa shape index (κ3) is 2.48. The molecule has 0 saturated carbocycles. The quantitative estimate of drug-likeness (QED) is 0.582. The first-order chi connectivity index (χ1) is 4.86. The van der Waals surface area contributed by atoms with E-state index in [1.54, 1.807) is 11.3 Å². The number of rotatable bonds is 0. The molecule has 0 aliphatic heterocycles. The Morgan fingerprint density at radius 1 is 1.25 bits per heavy atom. The van der Waals surface area contributed by atoms with E-state index < -0.39 is 0 Å². The van der Waals surface area contributed by atoms with E-state index in [4.69, 9.17) is 12.2 Å². The Bertz CT molecular complexity index is 373. The van der Waals surface area contributed by atoms with Gasteiger partial charge in [0, 0.05) is 0 Å². The Morgan fingerprint density at radius 3 is 2.58 bits per heavy atom. The molecule has 0 bridgehead atoms. The molecule has 0 spiro atoms. The molecule has 0 saturated heterocycles. The maximum absolute atomic E-state index is 4.98. The van der Waals surface area contributed by atoms with E-state index >= 15 is 0 Å². The van der Waals surface area contributed by atoms with Gasteiger partial charge < -0.3 is 4.98 Å². The van der Waals surface area contributed by atoms with Crippen molar-refractivity contribution in [2.24, 2.45) is 0 Å². The number of fused-ring (bicyclic) bond motifs is 1. The zero-order valence-corrected chi connectivity index (χ0v) is 12.0. The largest absolute Gasteiger partial charge is 2.00 e. The monoisotopic (exact) mass is 286 g/mol. The van der Waals surface area contributed by atoms with Crippen LogP contribution in [0.15, 0.2) is 24.3 Å². The number of aromatic nitrogens is 1. The zero-order chi connectivity index (χ0) is 6.97. The minimum atomic E-state index is 0. The summed E-state index contributed by atoms with van der Waals surface area (Å²) in [4.78, 5) is 3.09. The van der Waals surface area contributed by atoms with Crippen molar-refractivity contribution in [3.8, 4) is 0 Å². The fourth-order valence-corrected chi connectivity index (χ4v) is 2.01. The van der Waals surface area contributed by atoms with Crippen LogP contribution in [-0.2, 0) is 36.5 Å². The summed E-state index contributed by atoms with van der Waals surface area (Å²) in [6.45, 7) is 0. The molecule has 1 aromatic heterocycles. The minimum Gasteiger partial charge on any atom is -0.337 e. The maximum Gasteiger partial charge on any atom is 2.00 e. The van der Waals surface area contributed by atoms with Crippen molar-refractivity contribution in [2.75, 3.05) is 0 Å². The average Bonchev–Trinajstić information content (AvgIpc) is 2.27. The molecule has 12 heavy (non-hydrogen) atoms. The van der Waals surface area contributed by atoms with E-state index in [2.05, 4.69) is 11.1 Å². The molecule has 5 heteroatoms. The molecule has 0 aliphatic rings. The molecule has 0 unspecified atom stereocenters.